The Labute approximate surface area is 93.6 Å². The molecule has 0 amide bonds. The van der Waals surface area contributed by atoms with Crippen LogP contribution in [0.4, 0.5) is 8.78 Å². The van der Waals surface area contributed by atoms with Crippen molar-refractivity contribution in [3.8, 4) is 5.75 Å². The Hall–Kier alpha value is -1.20. The molecule has 90 valence electrons. The number of nitrogens with one attached hydrogen (secondary N) is 1. The zero-order chi connectivity index (χ0) is 12.0. The molecule has 1 aromatic carbocycles. The standard InChI is InChI=1S/C11H16F2N2O/c1-8(6-14)15-7-9-2-4-10(5-3-9)16-11(12)13/h2-5,8,11,15H,6-7,14H2,1H3. The van der Waals surface area contributed by atoms with E-state index in [2.05, 4.69) is 10.1 Å². The number of halogens is 2. The highest BCUT2D eigenvalue weighted by Gasteiger charge is 2.04. The van der Waals surface area contributed by atoms with Crippen molar-refractivity contribution in [1.29, 1.82) is 0 Å². The fraction of sp³-hybridized carbons (Fsp3) is 0.455. The van der Waals surface area contributed by atoms with Gasteiger partial charge in [0.25, 0.3) is 0 Å². The number of rotatable bonds is 6. The SMILES string of the molecule is CC(CN)NCc1ccc(OC(F)F)cc1. The van der Waals surface area contributed by atoms with Gasteiger partial charge in [0.15, 0.2) is 0 Å². The van der Waals surface area contributed by atoms with Gasteiger partial charge in [0, 0.05) is 19.1 Å². The third-order valence-electron chi connectivity index (χ3n) is 2.16. The Morgan fingerprint density at radius 3 is 2.44 bits per heavy atom. The van der Waals surface area contributed by atoms with Crippen LogP contribution in [-0.4, -0.2) is 19.2 Å². The average Bonchev–Trinajstić information content (AvgIpc) is 2.27. The van der Waals surface area contributed by atoms with Gasteiger partial charge in [0.1, 0.15) is 5.75 Å². The van der Waals surface area contributed by atoms with E-state index < -0.39 is 6.61 Å². The molecule has 0 spiro atoms. The number of alkyl halides is 2. The van der Waals surface area contributed by atoms with Crippen LogP contribution >= 0.6 is 0 Å². The lowest BCUT2D eigenvalue weighted by molar-refractivity contribution is -0.0498. The van der Waals surface area contributed by atoms with Gasteiger partial charge in [-0.25, -0.2) is 0 Å². The Morgan fingerprint density at radius 1 is 1.31 bits per heavy atom. The van der Waals surface area contributed by atoms with Crippen LogP contribution < -0.4 is 15.8 Å². The lowest BCUT2D eigenvalue weighted by Gasteiger charge is -2.11. The molecular weight excluding hydrogens is 214 g/mol. The van der Waals surface area contributed by atoms with Crippen LogP contribution in [0, 0.1) is 0 Å². The van der Waals surface area contributed by atoms with Crippen LogP contribution in [0.15, 0.2) is 24.3 Å². The molecule has 0 aliphatic carbocycles. The predicted molar refractivity (Wildman–Crippen MR) is 58.4 cm³/mol. The maximum absolute atomic E-state index is 11.9. The lowest BCUT2D eigenvalue weighted by Crippen LogP contribution is -2.32. The maximum atomic E-state index is 11.9. The molecule has 1 unspecified atom stereocenters. The molecule has 0 fully saturated rings. The summed E-state index contributed by atoms with van der Waals surface area (Å²) in [5, 5.41) is 3.19. The highest BCUT2D eigenvalue weighted by atomic mass is 19.3. The monoisotopic (exact) mass is 230 g/mol. The Morgan fingerprint density at radius 2 is 1.94 bits per heavy atom. The lowest BCUT2D eigenvalue weighted by atomic mass is 10.2. The molecule has 3 N–H and O–H groups in total. The second-order valence-electron chi connectivity index (χ2n) is 3.54. The van der Waals surface area contributed by atoms with Crippen molar-refractivity contribution in [2.45, 2.75) is 26.1 Å². The van der Waals surface area contributed by atoms with Crippen molar-refractivity contribution >= 4 is 0 Å². The summed E-state index contributed by atoms with van der Waals surface area (Å²) in [6.45, 7) is 0.426. The van der Waals surface area contributed by atoms with E-state index in [-0.39, 0.29) is 11.8 Å². The van der Waals surface area contributed by atoms with Gasteiger partial charge in [-0.15, -0.1) is 0 Å². The van der Waals surface area contributed by atoms with Crippen LogP contribution in [0.2, 0.25) is 0 Å². The summed E-state index contributed by atoms with van der Waals surface area (Å²) >= 11 is 0. The van der Waals surface area contributed by atoms with E-state index in [1.807, 2.05) is 6.92 Å². The predicted octanol–water partition coefficient (Wildman–Crippen LogP) is 1.72. The van der Waals surface area contributed by atoms with E-state index in [1.165, 1.54) is 12.1 Å². The summed E-state index contributed by atoms with van der Waals surface area (Å²) in [6, 6.07) is 6.77. The van der Waals surface area contributed by atoms with Gasteiger partial charge < -0.3 is 15.8 Å². The first kappa shape index (κ1) is 12.9. The quantitative estimate of drug-likeness (QED) is 0.782. The third-order valence-corrected chi connectivity index (χ3v) is 2.16. The first-order valence-electron chi connectivity index (χ1n) is 5.09. The number of hydrogen-bond acceptors (Lipinski definition) is 3. The smallest absolute Gasteiger partial charge is 0.387 e. The number of ether oxygens (including phenoxy) is 1. The van der Waals surface area contributed by atoms with Crippen LogP contribution in [0.3, 0.4) is 0 Å². The van der Waals surface area contributed by atoms with E-state index in [0.717, 1.165) is 5.56 Å². The summed E-state index contributed by atoms with van der Waals surface area (Å²) in [5.41, 5.74) is 6.45. The first-order valence-corrected chi connectivity index (χ1v) is 5.09. The van der Waals surface area contributed by atoms with Gasteiger partial charge in [-0.2, -0.15) is 8.78 Å². The van der Waals surface area contributed by atoms with Crippen LogP contribution in [-0.2, 0) is 6.54 Å². The molecule has 0 aliphatic rings. The Kier molecular flexibility index (Phi) is 5.14. The van der Waals surface area contributed by atoms with Crippen molar-refractivity contribution in [2.75, 3.05) is 6.54 Å². The topological polar surface area (TPSA) is 47.3 Å². The van der Waals surface area contributed by atoms with Crippen molar-refractivity contribution in [1.82, 2.24) is 5.32 Å². The highest BCUT2D eigenvalue weighted by Crippen LogP contribution is 2.14. The van der Waals surface area contributed by atoms with Gasteiger partial charge >= 0.3 is 6.61 Å². The van der Waals surface area contributed by atoms with Gasteiger partial charge in [0.05, 0.1) is 0 Å². The summed E-state index contributed by atoms with van der Waals surface area (Å²) in [5.74, 6) is 0.172. The van der Waals surface area contributed by atoms with Gasteiger partial charge in [0.2, 0.25) is 0 Å². The second-order valence-corrected chi connectivity index (χ2v) is 3.54. The van der Waals surface area contributed by atoms with Gasteiger partial charge in [-0.05, 0) is 24.6 Å². The molecule has 0 aliphatic heterocycles. The minimum Gasteiger partial charge on any atom is -0.435 e. The second kappa shape index (κ2) is 6.40. The van der Waals surface area contributed by atoms with E-state index in [9.17, 15) is 8.78 Å². The van der Waals surface area contributed by atoms with Gasteiger partial charge in [-0.1, -0.05) is 12.1 Å². The fourth-order valence-electron chi connectivity index (χ4n) is 1.16. The summed E-state index contributed by atoms with van der Waals surface area (Å²) in [6.07, 6.45) is 0. The molecule has 0 saturated carbocycles. The number of hydrogen-bond donors (Lipinski definition) is 2. The zero-order valence-corrected chi connectivity index (χ0v) is 9.12. The third kappa shape index (κ3) is 4.55. The molecule has 3 nitrogen and oxygen atoms in total. The van der Waals surface area contributed by atoms with E-state index in [1.54, 1.807) is 12.1 Å². The molecule has 0 radical (unpaired) electrons. The average molecular weight is 230 g/mol. The van der Waals surface area contributed by atoms with E-state index in [4.69, 9.17) is 5.73 Å². The maximum Gasteiger partial charge on any atom is 0.387 e. The van der Waals surface area contributed by atoms with Crippen molar-refractivity contribution in [3.63, 3.8) is 0 Å². The molecule has 0 bridgehead atoms. The number of benzene rings is 1. The summed E-state index contributed by atoms with van der Waals surface area (Å²) in [4.78, 5) is 0. The summed E-state index contributed by atoms with van der Waals surface area (Å²) in [7, 11) is 0. The Bertz CT molecular complexity index is 303. The van der Waals surface area contributed by atoms with E-state index >= 15 is 0 Å². The molecule has 0 aromatic heterocycles. The molecule has 0 heterocycles. The molecule has 5 heteroatoms. The van der Waals surface area contributed by atoms with Crippen LogP contribution in [0.1, 0.15) is 12.5 Å². The molecule has 1 atom stereocenters. The minimum atomic E-state index is -2.78. The van der Waals surface area contributed by atoms with E-state index in [0.29, 0.717) is 13.1 Å². The summed E-state index contributed by atoms with van der Waals surface area (Å²) < 4.78 is 28.0. The molecule has 16 heavy (non-hydrogen) atoms. The van der Waals surface area contributed by atoms with Crippen LogP contribution in [0.25, 0.3) is 0 Å². The zero-order valence-electron chi connectivity index (χ0n) is 9.12. The fourth-order valence-corrected chi connectivity index (χ4v) is 1.16. The molecular formula is C11H16F2N2O. The van der Waals surface area contributed by atoms with Crippen molar-refractivity contribution in [3.05, 3.63) is 29.8 Å². The number of nitrogens with two attached hydrogens (primary N) is 1. The normalized spacial score (nSPS) is 12.8. The van der Waals surface area contributed by atoms with Crippen LogP contribution in [0.5, 0.6) is 5.75 Å². The molecule has 0 saturated heterocycles. The van der Waals surface area contributed by atoms with Crippen molar-refractivity contribution in [2.24, 2.45) is 5.73 Å². The van der Waals surface area contributed by atoms with Crippen molar-refractivity contribution < 1.29 is 13.5 Å². The first-order chi connectivity index (χ1) is 7.61. The largest absolute Gasteiger partial charge is 0.435 e. The highest BCUT2D eigenvalue weighted by molar-refractivity contribution is 5.27. The minimum absolute atomic E-state index is 0.172. The Balaban J connectivity index is 2.45. The molecule has 1 aromatic rings. The van der Waals surface area contributed by atoms with Gasteiger partial charge in [-0.3, -0.25) is 0 Å². The molecule has 1 rings (SSSR count).